The van der Waals surface area contributed by atoms with Gasteiger partial charge < -0.3 is 20.1 Å². The van der Waals surface area contributed by atoms with Crippen molar-refractivity contribution in [3.63, 3.8) is 0 Å². The van der Waals surface area contributed by atoms with E-state index < -0.39 is 6.04 Å². The van der Waals surface area contributed by atoms with Crippen molar-refractivity contribution in [1.82, 2.24) is 4.90 Å². The van der Waals surface area contributed by atoms with Gasteiger partial charge in [0.15, 0.2) is 11.5 Å². The van der Waals surface area contributed by atoms with Gasteiger partial charge in [-0.1, -0.05) is 17.7 Å². The largest absolute Gasteiger partial charge is 0.486 e. The Bertz CT molecular complexity index is 645. The molecule has 0 bridgehead atoms. The van der Waals surface area contributed by atoms with Crippen molar-refractivity contribution >= 4 is 23.5 Å². The van der Waals surface area contributed by atoms with Crippen molar-refractivity contribution in [2.75, 3.05) is 19.8 Å². The van der Waals surface area contributed by atoms with E-state index in [0.29, 0.717) is 36.3 Å². The van der Waals surface area contributed by atoms with Crippen LogP contribution in [0.2, 0.25) is 5.02 Å². The van der Waals surface area contributed by atoms with Gasteiger partial charge in [0.1, 0.15) is 25.1 Å². The molecule has 2 N–H and O–H groups in total. The van der Waals surface area contributed by atoms with Gasteiger partial charge in [-0.15, -0.1) is 6.58 Å². The molecular formula is C14H14ClN3O3. The normalized spacial score (nSPS) is 20.4. The number of nitrogens with zero attached hydrogens (tertiary/aromatic N) is 2. The van der Waals surface area contributed by atoms with Crippen molar-refractivity contribution in [3.05, 3.63) is 35.4 Å². The second-order valence-electron chi connectivity index (χ2n) is 4.69. The number of hydrogen-bond acceptors (Lipinski definition) is 4. The number of urea groups is 1. The van der Waals surface area contributed by atoms with Gasteiger partial charge in [-0.05, 0) is 17.7 Å². The number of amides is 2. The fraction of sp³-hybridized carbons (Fsp3) is 0.286. The lowest BCUT2D eigenvalue weighted by atomic mass is 10.0. The molecular weight excluding hydrogens is 294 g/mol. The van der Waals surface area contributed by atoms with Crippen LogP contribution < -0.4 is 15.2 Å². The first-order valence-electron chi connectivity index (χ1n) is 6.46. The number of amidine groups is 1. The SMILES string of the molecule is C=CCN1C(=O)N=C(N)C1c1cc(Cl)c2c(c1)OCCO2. The molecule has 0 saturated carbocycles. The maximum absolute atomic E-state index is 11.9. The summed E-state index contributed by atoms with van der Waals surface area (Å²) in [6.07, 6.45) is 1.62. The fourth-order valence-electron chi connectivity index (χ4n) is 2.47. The summed E-state index contributed by atoms with van der Waals surface area (Å²) < 4.78 is 11.0. The van der Waals surface area contributed by atoms with Crippen LogP contribution in [-0.2, 0) is 0 Å². The number of rotatable bonds is 3. The molecule has 6 nitrogen and oxygen atoms in total. The lowest BCUT2D eigenvalue weighted by Gasteiger charge is -2.26. The highest BCUT2D eigenvalue weighted by Crippen LogP contribution is 2.41. The molecule has 2 heterocycles. The quantitative estimate of drug-likeness (QED) is 0.868. The molecule has 2 amide bonds. The molecule has 1 unspecified atom stereocenters. The van der Waals surface area contributed by atoms with Gasteiger partial charge in [0.2, 0.25) is 0 Å². The minimum absolute atomic E-state index is 0.231. The van der Waals surface area contributed by atoms with Crippen LogP contribution in [0.5, 0.6) is 11.5 Å². The number of nitrogens with two attached hydrogens (primary N) is 1. The molecule has 2 aliphatic heterocycles. The number of ether oxygens (including phenoxy) is 2. The minimum atomic E-state index is -0.469. The highest BCUT2D eigenvalue weighted by atomic mass is 35.5. The van der Waals surface area contributed by atoms with Gasteiger partial charge >= 0.3 is 6.03 Å². The van der Waals surface area contributed by atoms with Gasteiger partial charge in [0.25, 0.3) is 0 Å². The molecule has 0 aliphatic carbocycles. The van der Waals surface area contributed by atoms with E-state index in [9.17, 15) is 4.79 Å². The van der Waals surface area contributed by atoms with Gasteiger partial charge in [0.05, 0.1) is 5.02 Å². The van der Waals surface area contributed by atoms with E-state index in [1.807, 2.05) is 0 Å². The zero-order valence-corrected chi connectivity index (χ0v) is 12.0. The summed E-state index contributed by atoms with van der Waals surface area (Å²) in [5, 5.41) is 0.424. The Morgan fingerprint density at radius 2 is 2.24 bits per heavy atom. The third-order valence-corrected chi connectivity index (χ3v) is 3.60. The number of hydrogen-bond donors (Lipinski definition) is 1. The second-order valence-corrected chi connectivity index (χ2v) is 5.10. The number of aliphatic imine (C=N–C) groups is 1. The summed E-state index contributed by atoms with van der Waals surface area (Å²) in [6.45, 7) is 4.90. The predicted molar refractivity (Wildman–Crippen MR) is 79.1 cm³/mol. The second kappa shape index (κ2) is 5.29. The first-order chi connectivity index (χ1) is 10.1. The Labute approximate surface area is 126 Å². The maximum Gasteiger partial charge on any atom is 0.346 e. The molecule has 0 radical (unpaired) electrons. The first kappa shape index (κ1) is 13.8. The van der Waals surface area contributed by atoms with Crippen LogP contribution >= 0.6 is 11.6 Å². The lowest BCUT2D eigenvalue weighted by molar-refractivity contribution is 0.171. The van der Waals surface area contributed by atoms with E-state index in [0.717, 1.165) is 5.56 Å². The summed E-state index contributed by atoms with van der Waals surface area (Å²) in [5.41, 5.74) is 6.62. The monoisotopic (exact) mass is 307 g/mol. The summed E-state index contributed by atoms with van der Waals surface area (Å²) in [6, 6.07) is 2.64. The van der Waals surface area contributed by atoms with E-state index in [4.69, 9.17) is 26.8 Å². The van der Waals surface area contributed by atoms with E-state index in [1.165, 1.54) is 4.90 Å². The predicted octanol–water partition coefficient (Wildman–Crippen LogP) is 2.13. The maximum atomic E-state index is 11.9. The van der Waals surface area contributed by atoms with Gasteiger partial charge in [0, 0.05) is 6.54 Å². The van der Waals surface area contributed by atoms with E-state index in [2.05, 4.69) is 11.6 Å². The van der Waals surface area contributed by atoms with E-state index in [-0.39, 0.29) is 11.9 Å². The number of fused-ring (bicyclic) bond motifs is 1. The Hall–Kier alpha value is -2.21. The molecule has 0 fully saturated rings. The van der Waals surface area contributed by atoms with Crippen LogP contribution in [0.4, 0.5) is 4.79 Å². The molecule has 2 aliphatic rings. The summed E-state index contributed by atoms with van der Waals surface area (Å²) in [5.74, 6) is 1.30. The smallest absolute Gasteiger partial charge is 0.346 e. The number of carbonyl (C=O) groups excluding carboxylic acids is 1. The summed E-state index contributed by atoms with van der Waals surface area (Å²) >= 11 is 6.23. The summed E-state index contributed by atoms with van der Waals surface area (Å²) in [7, 11) is 0. The van der Waals surface area contributed by atoms with Crippen molar-refractivity contribution in [2.45, 2.75) is 6.04 Å². The molecule has 1 atom stereocenters. The van der Waals surface area contributed by atoms with Crippen LogP contribution in [0.15, 0.2) is 29.8 Å². The Morgan fingerprint density at radius 3 is 3.00 bits per heavy atom. The highest BCUT2D eigenvalue weighted by molar-refractivity contribution is 6.32. The molecule has 1 aromatic carbocycles. The van der Waals surface area contributed by atoms with Gasteiger partial charge in [-0.2, -0.15) is 4.99 Å². The third kappa shape index (κ3) is 2.31. The molecule has 0 saturated heterocycles. The number of carbonyl (C=O) groups is 1. The van der Waals surface area contributed by atoms with Gasteiger partial charge in [-0.3, -0.25) is 0 Å². The highest BCUT2D eigenvalue weighted by Gasteiger charge is 2.35. The molecule has 1 aromatic rings. The topological polar surface area (TPSA) is 77.2 Å². The fourth-order valence-corrected chi connectivity index (χ4v) is 2.74. The summed E-state index contributed by atoms with van der Waals surface area (Å²) in [4.78, 5) is 17.2. The molecule has 0 aromatic heterocycles. The average molecular weight is 308 g/mol. The van der Waals surface area contributed by atoms with Crippen LogP contribution in [0.1, 0.15) is 11.6 Å². The Balaban J connectivity index is 2.03. The van der Waals surface area contributed by atoms with Crippen LogP contribution in [0, 0.1) is 0 Å². The molecule has 0 spiro atoms. The van der Waals surface area contributed by atoms with Crippen molar-refractivity contribution in [1.29, 1.82) is 0 Å². The molecule has 110 valence electrons. The molecule has 7 heteroatoms. The van der Waals surface area contributed by atoms with Crippen LogP contribution in [0.25, 0.3) is 0 Å². The zero-order chi connectivity index (χ0) is 15.0. The van der Waals surface area contributed by atoms with Crippen molar-refractivity contribution in [2.24, 2.45) is 10.7 Å². The molecule has 3 rings (SSSR count). The number of benzene rings is 1. The van der Waals surface area contributed by atoms with Gasteiger partial charge in [-0.25, -0.2) is 4.79 Å². The number of halogens is 1. The van der Waals surface area contributed by atoms with E-state index in [1.54, 1.807) is 18.2 Å². The Kier molecular flexibility index (Phi) is 3.47. The molecule has 21 heavy (non-hydrogen) atoms. The van der Waals surface area contributed by atoms with Crippen molar-refractivity contribution in [3.8, 4) is 11.5 Å². The standard InChI is InChI=1S/C14H14ClN3O3/c1-2-3-18-11(13(16)17-14(18)19)8-6-9(15)12-10(7-8)20-4-5-21-12/h2,6-7,11H,1,3-5H2,(H2,16,17,19). The average Bonchev–Trinajstić information content (AvgIpc) is 2.74. The minimum Gasteiger partial charge on any atom is -0.486 e. The zero-order valence-electron chi connectivity index (χ0n) is 11.2. The van der Waals surface area contributed by atoms with E-state index >= 15 is 0 Å². The first-order valence-corrected chi connectivity index (χ1v) is 6.84. The Morgan fingerprint density at radius 1 is 1.48 bits per heavy atom. The lowest BCUT2D eigenvalue weighted by Crippen LogP contribution is -2.33. The third-order valence-electron chi connectivity index (χ3n) is 3.32. The van der Waals surface area contributed by atoms with Crippen LogP contribution in [-0.4, -0.2) is 36.5 Å². The van der Waals surface area contributed by atoms with Crippen molar-refractivity contribution < 1.29 is 14.3 Å². The van der Waals surface area contributed by atoms with Crippen LogP contribution in [0.3, 0.4) is 0 Å².